The second kappa shape index (κ2) is 4.23. The van der Waals surface area contributed by atoms with Gasteiger partial charge in [-0.2, -0.15) is 4.98 Å². The van der Waals surface area contributed by atoms with Crippen LogP contribution in [0.5, 0.6) is 0 Å². The molecule has 0 fully saturated rings. The van der Waals surface area contributed by atoms with Gasteiger partial charge in [-0.15, -0.1) is 0 Å². The molecule has 5 heteroatoms. The van der Waals surface area contributed by atoms with Crippen LogP contribution in [0.15, 0.2) is 6.20 Å². The van der Waals surface area contributed by atoms with E-state index in [0.717, 1.165) is 11.4 Å². The predicted molar refractivity (Wildman–Crippen MR) is 56.1 cm³/mol. The van der Waals surface area contributed by atoms with E-state index >= 15 is 0 Å². The van der Waals surface area contributed by atoms with Crippen LogP contribution in [0.4, 0.5) is 11.8 Å². The Morgan fingerprint density at radius 2 is 2.29 bits per heavy atom. The molecule has 0 aromatic carbocycles. The van der Waals surface area contributed by atoms with Crippen LogP contribution in [0.3, 0.4) is 0 Å². The molecule has 0 aliphatic heterocycles. The molecule has 1 rings (SSSR count). The molecule has 0 spiro atoms. The van der Waals surface area contributed by atoms with Gasteiger partial charge in [0, 0.05) is 18.8 Å². The molecule has 0 saturated carbocycles. The van der Waals surface area contributed by atoms with Crippen molar-refractivity contribution in [1.29, 1.82) is 0 Å². The molecular weight excluding hydrogens is 180 g/mol. The van der Waals surface area contributed by atoms with Crippen LogP contribution in [0.25, 0.3) is 0 Å². The molecule has 0 radical (unpaired) electrons. The first-order chi connectivity index (χ1) is 6.56. The van der Waals surface area contributed by atoms with Gasteiger partial charge in [-0.1, -0.05) is 0 Å². The van der Waals surface area contributed by atoms with E-state index < -0.39 is 0 Å². The van der Waals surface area contributed by atoms with Crippen molar-refractivity contribution in [2.24, 2.45) is 0 Å². The second-order valence-electron chi connectivity index (χ2n) is 3.38. The number of aliphatic hydroxyl groups excluding tert-OH is 1. The minimum absolute atomic E-state index is 0.0167. The highest BCUT2D eigenvalue weighted by molar-refractivity contribution is 5.47. The van der Waals surface area contributed by atoms with E-state index in [1.165, 1.54) is 0 Å². The molecule has 1 atom stereocenters. The van der Waals surface area contributed by atoms with Gasteiger partial charge < -0.3 is 15.7 Å². The van der Waals surface area contributed by atoms with E-state index in [1.807, 2.05) is 25.8 Å². The van der Waals surface area contributed by atoms with Gasteiger partial charge in [-0.25, -0.2) is 4.98 Å². The van der Waals surface area contributed by atoms with Crippen LogP contribution in [-0.4, -0.2) is 34.8 Å². The molecule has 1 aromatic rings. The maximum absolute atomic E-state index is 9.01. The number of aliphatic hydroxyl groups is 1. The Labute approximate surface area is 83.6 Å². The average molecular weight is 196 g/mol. The first-order valence-electron chi connectivity index (χ1n) is 4.49. The Hall–Kier alpha value is -1.36. The van der Waals surface area contributed by atoms with Gasteiger partial charge in [0.25, 0.3) is 0 Å². The lowest BCUT2D eigenvalue weighted by atomic mass is 10.2. The summed E-state index contributed by atoms with van der Waals surface area (Å²) in [6, 6.07) is 0.0167. The Bertz CT molecular complexity index is 316. The van der Waals surface area contributed by atoms with Gasteiger partial charge in [0.05, 0.1) is 12.6 Å². The monoisotopic (exact) mass is 196 g/mol. The maximum atomic E-state index is 9.01. The van der Waals surface area contributed by atoms with Crippen LogP contribution in [0.2, 0.25) is 0 Å². The fourth-order valence-corrected chi connectivity index (χ4v) is 1.13. The maximum Gasteiger partial charge on any atom is 0.221 e. The van der Waals surface area contributed by atoms with E-state index in [4.69, 9.17) is 10.8 Å². The number of nitrogens with two attached hydrogens (primary N) is 1. The largest absolute Gasteiger partial charge is 0.394 e. The Kier molecular flexibility index (Phi) is 3.24. The number of nitrogens with zero attached hydrogens (tertiary/aromatic N) is 3. The standard InChI is InChI=1S/C9H16N4O/c1-6-4-11-9(10)12-8(6)13(3)7(2)5-14/h4,7,14H,5H2,1-3H3,(H2,10,11,12). The summed E-state index contributed by atoms with van der Waals surface area (Å²) in [5, 5.41) is 9.01. The lowest BCUT2D eigenvalue weighted by Crippen LogP contribution is -2.33. The number of aryl methyl sites for hydroxylation is 1. The normalized spacial score (nSPS) is 12.6. The third-order valence-electron chi connectivity index (χ3n) is 2.22. The third kappa shape index (κ3) is 2.11. The summed E-state index contributed by atoms with van der Waals surface area (Å²) in [6.07, 6.45) is 1.68. The van der Waals surface area contributed by atoms with Crippen molar-refractivity contribution >= 4 is 11.8 Å². The zero-order chi connectivity index (χ0) is 10.7. The average Bonchev–Trinajstić information content (AvgIpc) is 2.19. The highest BCUT2D eigenvalue weighted by Crippen LogP contribution is 2.17. The first-order valence-corrected chi connectivity index (χ1v) is 4.49. The summed E-state index contributed by atoms with van der Waals surface area (Å²) in [4.78, 5) is 9.89. The van der Waals surface area contributed by atoms with Gasteiger partial charge in [0.2, 0.25) is 5.95 Å². The van der Waals surface area contributed by atoms with Crippen molar-refractivity contribution in [2.75, 3.05) is 24.3 Å². The van der Waals surface area contributed by atoms with Crippen molar-refractivity contribution in [1.82, 2.24) is 9.97 Å². The van der Waals surface area contributed by atoms with E-state index in [2.05, 4.69) is 9.97 Å². The fourth-order valence-electron chi connectivity index (χ4n) is 1.13. The Morgan fingerprint density at radius 3 is 2.86 bits per heavy atom. The van der Waals surface area contributed by atoms with Gasteiger partial charge in [-0.05, 0) is 13.8 Å². The lowest BCUT2D eigenvalue weighted by Gasteiger charge is -2.25. The molecule has 14 heavy (non-hydrogen) atoms. The SMILES string of the molecule is Cc1cnc(N)nc1N(C)C(C)CO. The molecule has 5 nitrogen and oxygen atoms in total. The van der Waals surface area contributed by atoms with Crippen LogP contribution >= 0.6 is 0 Å². The summed E-state index contributed by atoms with van der Waals surface area (Å²) < 4.78 is 0. The van der Waals surface area contributed by atoms with Crippen molar-refractivity contribution in [3.8, 4) is 0 Å². The van der Waals surface area contributed by atoms with E-state index in [1.54, 1.807) is 6.20 Å². The van der Waals surface area contributed by atoms with E-state index in [9.17, 15) is 0 Å². The summed E-state index contributed by atoms with van der Waals surface area (Å²) >= 11 is 0. The number of likely N-dealkylation sites (N-methyl/N-ethyl adjacent to an activating group) is 1. The minimum Gasteiger partial charge on any atom is -0.394 e. The summed E-state index contributed by atoms with van der Waals surface area (Å²) in [6.45, 7) is 3.91. The van der Waals surface area contributed by atoms with Crippen LogP contribution < -0.4 is 10.6 Å². The molecular formula is C9H16N4O. The quantitative estimate of drug-likeness (QED) is 0.721. The molecule has 0 aliphatic rings. The van der Waals surface area contributed by atoms with E-state index in [0.29, 0.717) is 0 Å². The van der Waals surface area contributed by atoms with Crippen LogP contribution in [0.1, 0.15) is 12.5 Å². The number of nitrogen functional groups attached to an aromatic ring is 1. The smallest absolute Gasteiger partial charge is 0.221 e. The first kappa shape index (κ1) is 10.7. The number of hydrogen-bond donors (Lipinski definition) is 2. The van der Waals surface area contributed by atoms with Gasteiger partial charge in [-0.3, -0.25) is 0 Å². The Morgan fingerprint density at radius 1 is 1.64 bits per heavy atom. The topological polar surface area (TPSA) is 75.3 Å². The summed E-state index contributed by atoms with van der Waals surface area (Å²) in [5.41, 5.74) is 6.44. The van der Waals surface area contributed by atoms with E-state index in [-0.39, 0.29) is 18.6 Å². The molecule has 0 saturated heterocycles. The summed E-state index contributed by atoms with van der Waals surface area (Å²) in [5.74, 6) is 1.02. The number of rotatable bonds is 3. The molecule has 0 bridgehead atoms. The second-order valence-corrected chi connectivity index (χ2v) is 3.38. The number of aromatic nitrogens is 2. The van der Waals surface area contributed by atoms with Crippen LogP contribution in [0, 0.1) is 6.92 Å². The number of anilines is 2. The molecule has 0 amide bonds. The van der Waals surface area contributed by atoms with Gasteiger partial charge in [0.1, 0.15) is 5.82 Å². The predicted octanol–water partition coefficient (Wildman–Crippen LogP) is 0.184. The third-order valence-corrected chi connectivity index (χ3v) is 2.22. The minimum atomic E-state index is 0.0167. The van der Waals surface area contributed by atoms with Crippen molar-refractivity contribution < 1.29 is 5.11 Å². The van der Waals surface area contributed by atoms with Crippen LogP contribution in [-0.2, 0) is 0 Å². The summed E-state index contributed by atoms with van der Waals surface area (Å²) in [7, 11) is 1.87. The highest BCUT2D eigenvalue weighted by Gasteiger charge is 2.12. The van der Waals surface area contributed by atoms with Crippen molar-refractivity contribution in [3.05, 3.63) is 11.8 Å². The fraction of sp³-hybridized carbons (Fsp3) is 0.556. The molecule has 1 aromatic heterocycles. The lowest BCUT2D eigenvalue weighted by molar-refractivity contribution is 0.269. The molecule has 1 unspecified atom stereocenters. The zero-order valence-corrected chi connectivity index (χ0v) is 8.73. The molecule has 78 valence electrons. The zero-order valence-electron chi connectivity index (χ0n) is 8.73. The van der Waals surface area contributed by atoms with Crippen molar-refractivity contribution in [3.63, 3.8) is 0 Å². The number of hydrogen-bond acceptors (Lipinski definition) is 5. The van der Waals surface area contributed by atoms with Crippen molar-refractivity contribution in [2.45, 2.75) is 19.9 Å². The van der Waals surface area contributed by atoms with Gasteiger partial charge in [0.15, 0.2) is 0 Å². The highest BCUT2D eigenvalue weighted by atomic mass is 16.3. The van der Waals surface area contributed by atoms with Gasteiger partial charge >= 0.3 is 0 Å². The molecule has 3 N–H and O–H groups in total. The molecule has 1 heterocycles. The Balaban J connectivity index is 2.99. The molecule has 0 aliphatic carbocycles.